The van der Waals surface area contributed by atoms with Crippen LogP contribution in [0.15, 0.2) is 24.3 Å². The molecule has 0 radical (unpaired) electrons. The van der Waals surface area contributed by atoms with Crippen LogP contribution in [0.2, 0.25) is 8.87 Å². The van der Waals surface area contributed by atoms with Gasteiger partial charge in [-0.2, -0.15) is 0 Å². The zero-order valence-electron chi connectivity index (χ0n) is 26.8. The van der Waals surface area contributed by atoms with E-state index < -0.39 is 16.1 Å². The number of halogens is 2. The van der Waals surface area contributed by atoms with E-state index in [1.165, 1.54) is 189 Å². The second-order valence-electron chi connectivity index (χ2n) is 12.2. The summed E-state index contributed by atoms with van der Waals surface area (Å²) in [7, 11) is 13.7. The van der Waals surface area contributed by atoms with Gasteiger partial charge in [-0.25, -0.2) is 0 Å². The molecule has 232 valence electrons. The fraction of sp³-hybridized carbons (Fsp3) is 0.889. The van der Waals surface area contributed by atoms with E-state index in [0.29, 0.717) is 0 Å². The zero-order valence-corrected chi connectivity index (χ0v) is 31.1. The van der Waals surface area contributed by atoms with Gasteiger partial charge >= 0.3 is 183 Å². The van der Waals surface area contributed by atoms with Gasteiger partial charge in [0.1, 0.15) is 0 Å². The van der Waals surface area contributed by atoms with E-state index in [9.17, 15) is 0 Å². The Morgan fingerprint density at radius 2 is 0.564 bits per heavy atom. The Labute approximate surface area is 259 Å². The summed E-state index contributed by atoms with van der Waals surface area (Å²) in [6.07, 6.45) is 47.8. The smallest absolute Gasteiger partial charge is 0.0654 e. The van der Waals surface area contributed by atoms with Gasteiger partial charge in [0, 0.05) is 0 Å². The predicted octanol–water partition coefficient (Wildman–Crippen LogP) is 15.0. The molecule has 0 nitrogen and oxygen atoms in total. The monoisotopic (exact) mass is 692 g/mol. The van der Waals surface area contributed by atoms with E-state index in [2.05, 4.69) is 38.2 Å². The maximum atomic E-state index is 6.83. The minimum absolute atomic E-state index is 1.17. The molecule has 0 saturated carbocycles. The Morgan fingerprint density at radius 1 is 0.333 bits per heavy atom. The van der Waals surface area contributed by atoms with Crippen molar-refractivity contribution in [3.8, 4) is 0 Å². The fourth-order valence-electron chi connectivity index (χ4n) is 5.39. The first-order valence-electron chi connectivity index (χ1n) is 17.8. The molecular weight excluding hydrogens is 622 g/mol. The first-order valence-corrected chi connectivity index (χ1v) is 29.1. The summed E-state index contributed by atoms with van der Waals surface area (Å²) >= 11 is -2.76. The van der Waals surface area contributed by atoms with E-state index in [1.807, 2.05) is 0 Å². The number of unbranched alkanes of at least 4 members (excludes halogenated alkanes) is 24. The molecular formula is C36H70Cl2Sn. The first kappa shape index (κ1) is 39.9. The molecule has 0 N–H and O–H groups in total. The quantitative estimate of drug-likeness (QED) is 0.0374. The van der Waals surface area contributed by atoms with Crippen molar-refractivity contribution in [2.75, 3.05) is 0 Å². The number of hydrogen-bond donors (Lipinski definition) is 0. The first-order chi connectivity index (χ1) is 19.1. The Bertz CT molecular complexity index is 470. The van der Waals surface area contributed by atoms with Crippen molar-refractivity contribution in [2.24, 2.45) is 0 Å². The van der Waals surface area contributed by atoms with Gasteiger partial charge in [-0.3, -0.25) is 0 Å². The van der Waals surface area contributed by atoms with Gasteiger partial charge < -0.3 is 0 Å². The maximum absolute atomic E-state index is 6.83. The standard InChI is InChI=1S/2C18H35.2ClH.Sn/c2*1-3-5-7-9-11-13-15-17-18-16-14-12-10-8-6-4-2;;;/h2*17-18H,1,3-16H2,2H3;2*1H;/q;;;;+2/p-2/b2*18-17-;;;. The van der Waals surface area contributed by atoms with Crippen LogP contribution in [-0.2, 0) is 0 Å². The molecule has 0 aromatic heterocycles. The molecule has 0 aromatic carbocycles. The minimum atomic E-state index is -2.76. The van der Waals surface area contributed by atoms with Crippen LogP contribution in [0.25, 0.3) is 0 Å². The van der Waals surface area contributed by atoms with Gasteiger partial charge in [0.25, 0.3) is 0 Å². The summed E-state index contributed by atoms with van der Waals surface area (Å²) in [6, 6.07) is 0. The molecule has 0 spiro atoms. The molecule has 39 heavy (non-hydrogen) atoms. The average molecular weight is 693 g/mol. The van der Waals surface area contributed by atoms with Crippen LogP contribution in [-0.4, -0.2) is 16.1 Å². The van der Waals surface area contributed by atoms with Gasteiger partial charge in [-0.1, -0.05) is 78.1 Å². The molecule has 0 heterocycles. The van der Waals surface area contributed by atoms with Crippen molar-refractivity contribution < 1.29 is 0 Å². The molecule has 3 heteroatoms. The summed E-state index contributed by atoms with van der Waals surface area (Å²) in [5.41, 5.74) is 0. The summed E-state index contributed by atoms with van der Waals surface area (Å²) in [4.78, 5) is 0. The molecule has 0 unspecified atom stereocenters. The number of rotatable bonds is 32. The Kier molecular flexibility index (Phi) is 34.1. The van der Waals surface area contributed by atoms with Crippen LogP contribution in [0.5, 0.6) is 0 Å². The molecule has 0 aliphatic heterocycles. The predicted molar refractivity (Wildman–Crippen MR) is 186 cm³/mol. The molecule has 0 rings (SSSR count). The molecule has 0 amide bonds. The molecule has 0 aliphatic rings. The Hall–Kier alpha value is 0.859. The van der Waals surface area contributed by atoms with Crippen LogP contribution in [0.3, 0.4) is 0 Å². The van der Waals surface area contributed by atoms with Crippen LogP contribution in [0, 0.1) is 0 Å². The molecule has 0 atom stereocenters. The molecule has 0 aliphatic carbocycles. The fourth-order valence-corrected chi connectivity index (χ4v) is 14.1. The van der Waals surface area contributed by atoms with Crippen LogP contribution in [0.1, 0.15) is 194 Å². The van der Waals surface area contributed by atoms with Crippen LogP contribution in [0.4, 0.5) is 0 Å². The van der Waals surface area contributed by atoms with Gasteiger partial charge in [-0.05, 0) is 0 Å². The Balaban J connectivity index is 3.36. The summed E-state index contributed by atoms with van der Waals surface area (Å²) in [5.74, 6) is 0. The van der Waals surface area contributed by atoms with Gasteiger partial charge in [0.15, 0.2) is 0 Å². The van der Waals surface area contributed by atoms with Crippen molar-refractivity contribution >= 4 is 34.0 Å². The third-order valence-corrected chi connectivity index (χ3v) is 19.4. The van der Waals surface area contributed by atoms with E-state index in [-0.39, 0.29) is 0 Å². The van der Waals surface area contributed by atoms with Crippen LogP contribution < -0.4 is 0 Å². The third kappa shape index (κ3) is 35.0. The van der Waals surface area contributed by atoms with E-state index in [0.717, 1.165) is 0 Å². The Morgan fingerprint density at radius 3 is 0.846 bits per heavy atom. The average Bonchev–Trinajstić information content (AvgIpc) is 2.92. The summed E-state index contributed by atoms with van der Waals surface area (Å²) < 4.78 is 2.34. The van der Waals surface area contributed by atoms with Gasteiger partial charge in [0.05, 0.1) is 0 Å². The molecule has 0 aromatic rings. The number of hydrogen-bond acceptors (Lipinski definition) is 0. The van der Waals surface area contributed by atoms with Gasteiger partial charge in [-0.15, -0.1) is 0 Å². The van der Waals surface area contributed by atoms with E-state index in [4.69, 9.17) is 17.8 Å². The molecule has 0 bridgehead atoms. The van der Waals surface area contributed by atoms with Crippen molar-refractivity contribution in [1.29, 1.82) is 0 Å². The second-order valence-corrected chi connectivity index (χ2v) is 31.0. The van der Waals surface area contributed by atoms with Crippen molar-refractivity contribution in [2.45, 2.75) is 203 Å². The number of allylic oxidation sites excluding steroid dienone is 4. The van der Waals surface area contributed by atoms with Crippen molar-refractivity contribution in [3.63, 3.8) is 0 Å². The van der Waals surface area contributed by atoms with Crippen molar-refractivity contribution in [1.82, 2.24) is 0 Å². The second kappa shape index (κ2) is 33.4. The third-order valence-electron chi connectivity index (χ3n) is 8.11. The van der Waals surface area contributed by atoms with Crippen molar-refractivity contribution in [3.05, 3.63) is 24.3 Å². The molecule has 0 saturated heterocycles. The summed E-state index contributed by atoms with van der Waals surface area (Å²) in [5, 5.41) is 0. The SMILES string of the molecule is CCCCCCCC/C=C\CCCCCCC[CH2][Sn]([Cl])([Cl])[CH2]CCCCCCC/C=C\CCCCCCCC. The zero-order chi connectivity index (χ0) is 28.5. The topological polar surface area (TPSA) is 0 Å². The van der Waals surface area contributed by atoms with Gasteiger partial charge in [0.2, 0.25) is 0 Å². The normalized spacial score (nSPS) is 12.4. The molecule has 0 fully saturated rings. The minimum Gasteiger partial charge on any atom is -0.0654 e. The van der Waals surface area contributed by atoms with E-state index >= 15 is 0 Å². The van der Waals surface area contributed by atoms with Crippen LogP contribution >= 0.6 is 17.8 Å². The summed E-state index contributed by atoms with van der Waals surface area (Å²) in [6.45, 7) is 4.58. The van der Waals surface area contributed by atoms with E-state index in [1.54, 1.807) is 0 Å².